The van der Waals surface area contributed by atoms with Crippen molar-refractivity contribution in [1.82, 2.24) is 0 Å². The van der Waals surface area contributed by atoms with E-state index in [9.17, 15) is 9.18 Å². The number of benzene rings is 1. The van der Waals surface area contributed by atoms with Gasteiger partial charge in [-0.3, -0.25) is 4.79 Å². The molecule has 0 atom stereocenters. The van der Waals surface area contributed by atoms with Crippen LogP contribution in [0.4, 0.5) is 4.39 Å². The van der Waals surface area contributed by atoms with Gasteiger partial charge in [-0.1, -0.05) is 32.4 Å². The van der Waals surface area contributed by atoms with Crippen LogP contribution in [-0.2, 0) is 0 Å². The van der Waals surface area contributed by atoms with Gasteiger partial charge in [0, 0.05) is 17.0 Å². The van der Waals surface area contributed by atoms with Crippen LogP contribution in [0.3, 0.4) is 0 Å². The van der Waals surface area contributed by atoms with Crippen molar-refractivity contribution in [3.8, 4) is 0 Å². The highest BCUT2D eigenvalue weighted by molar-refractivity contribution is 6.31. The number of carbonyl (C=O) groups is 1. The summed E-state index contributed by atoms with van der Waals surface area (Å²) in [6.07, 6.45) is 0.361. The minimum Gasteiger partial charge on any atom is -0.294 e. The molecule has 0 saturated heterocycles. The molecular formula is C11H14ClFO. The molecule has 14 heavy (non-hydrogen) atoms. The first-order valence-electron chi connectivity index (χ1n) is 4.62. The largest absolute Gasteiger partial charge is 0.294 e. The molecular weight excluding hydrogens is 203 g/mol. The normalized spacial score (nSPS) is 8.93. The van der Waals surface area contributed by atoms with Crippen LogP contribution in [0.15, 0.2) is 18.2 Å². The number of halogens is 2. The van der Waals surface area contributed by atoms with Gasteiger partial charge in [0.15, 0.2) is 5.78 Å². The molecule has 3 heteroatoms. The van der Waals surface area contributed by atoms with Gasteiger partial charge in [-0.25, -0.2) is 4.39 Å². The minimum atomic E-state index is -0.473. The Morgan fingerprint density at radius 3 is 2.36 bits per heavy atom. The fraction of sp³-hybridized carbons (Fsp3) is 0.364. The van der Waals surface area contributed by atoms with Crippen molar-refractivity contribution in [3.63, 3.8) is 0 Å². The first kappa shape index (κ1) is 13.1. The van der Waals surface area contributed by atoms with Crippen LogP contribution in [-0.4, -0.2) is 5.78 Å². The Bertz CT molecular complexity index is 290. The Hall–Kier alpha value is -0.890. The Kier molecular flexibility index (Phi) is 6.13. The lowest BCUT2D eigenvalue weighted by molar-refractivity contribution is 0.0987. The van der Waals surface area contributed by atoms with E-state index >= 15 is 0 Å². The number of hydrogen-bond acceptors (Lipinski definition) is 1. The van der Waals surface area contributed by atoms with Gasteiger partial charge >= 0.3 is 0 Å². The predicted molar refractivity (Wildman–Crippen MR) is 57.4 cm³/mol. The van der Waals surface area contributed by atoms with Gasteiger partial charge in [0.1, 0.15) is 5.82 Å². The summed E-state index contributed by atoms with van der Waals surface area (Å²) in [7, 11) is 0. The smallest absolute Gasteiger partial charge is 0.162 e. The van der Waals surface area contributed by atoms with E-state index < -0.39 is 5.82 Å². The third kappa shape index (κ3) is 3.88. The van der Waals surface area contributed by atoms with E-state index in [4.69, 9.17) is 11.6 Å². The monoisotopic (exact) mass is 216 g/mol. The Morgan fingerprint density at radius 2 is 1.93 bits per heavy atom. The fourth-order valence-electron chi connectivity index (χ4n) is 0.919. The number of Topliss-reactive ketones (excluding diaryl/α,β-unsaturated/α-hetero) is 1. The van der Waals surface area contributed by atoms with E-state index in [1.807, 2.05) is 13.8 Å². The molecule has 0 saturated carbocycles. The topological polar surface area (TPSA) is 17.1 Å². The van der Waals surface area contributed by atoms with Crippen LogP contribution in [0.2, 0.25) is 5.02 Å². The molecule has 0 aliphatic carbocycles. The van der Waals surface area contributed by atoms with Crippen LogP contribution in [0.1, 0.15) is 37.6 Å². The molecule has 0 heterocycles. The Morgan fingerprint density at radius 1 is 1.36 bits per heavy atom. The molecule has 1 rings (SSSR count). The van der Waals surface area contributed by atoms with Crippen molar-refractivity contribution in [2.75, 3.05) is 0 Å². The van der Waals surface area contributed by atoms with Gasteiger partial charge in [0.2, 0.25) is 0 Å². The van der Waals surface area contributed by atoms with Gasteiger partial charge in [-0.15, -0.1) is 0 Å². The van der Waals surface area contributed by atoms with Gasteiger partial charge < -0.3 is 0 Å². The van der Waals surface area contributed by atoms with E-state index in [2.05, 4.69) is 0 Å². The second-order valence-electron chi connectivity index (χ2n) is 2.43. The van der Waals surface area contributed by atoms with Gasteiger partial charge in [-0.2, -0.15) is 0 Å². The van der Waals surface area contributed by atoms with Crippen molar-refractivity contribution >= 4 is 17.4 Å². The zero-order valence-electron chi connectivity index (χ0n) is 8.60. The summed E-state index contributed by atoms with van der Waals surface area (Å²) in [5, 5.41) is 0.256. The zero-order chi connectivity index (χ0) is 11.1. The molecule has 0 aliphatic heterocycles. The number of hydrogen-bond donors (Lipinski definition) is 0. The van der Waals surface area contributed by atoms with Crippen molar-refractivity contribution in [2.24, 2.45) is 0 Å². The molecule has 0 aromatic heterocycles. The maximum atomic E-state index is 12.7. The SMILES string of the molecule is CC.CCC(=O)c1cc(F)cc(Cl)c1. The molecule has 0 amide bonds. The van der Waals surface area contributed by atoms with Crippen molar-refractivity contribution < 1.29 is 9.18 Å². The number of ketones is 1. The molecule has 0 aliphatic rings. The molecule has 0 fully saturated rings. The summed E-state index contributed by atoms with van der Waals surface area (Å²) in [6, 6.07) is 3.84. The molecule has 1 aromatic carbocycles. The average Bonchev–Trinajstić information content (AvgIpc) is 2.18. The second kappa shape index (κ2) is 6.55. The van der Waals surface area contributed by atoms with E-state index in [1.54, 1.807) is 6.92 Å². The lowest BCUT2D eigenvalue weighted by Gasteiger charge is -1.98. The summed E-state index contributed by atoms with van der Waals surface area (Å²) in [5.41, 5.74) is 0.336. The molecule has 0 spiro atoms. The molecule has 1 nitrogen and oxygen atoms in total. The zero-order valence-corrected chi connectivity index (χ0v) is 9.36. The lowest BCUT2D eigenvalue weighted by atomic mass is 10.1. The van der Waals surface area contributed by atoms with Crippen molar-refractivity contribution in [2.45, 2.75) is 27.2 Å². The number of rotatable bonds is 2. The third-order valence-corrected chi connectivity index (χ3v) is 1.72. The minimum absolute atomic E-state index is 0.101. The van der Waals surface area contributed by atoms with Crippen LogP contribution < -0.4 is 0 Å². The number of carbonyl (C=O) groups excluding carboxylic acids is 1. The maximum absolute atomic E-state index is 12.7. The van der Waals surface area contributed by atoms with E-state index in [1.165, 1.54) is 18.2 Å². The summed E-state index contributed by atoms with van der Waals surface area (Å²) in [5.74, 6) is -0.573. The van der Waals surface area contributed by atoms with Gasteiger partial charge in [0.05, 0.1) is 0 Å². The summed E-state index contributed by atoms with van der Waals surface area (Å²) in [4.78, 5) is 11.1. The Labute approximate surface area is 88.9 Å². The van der Waals surface area contributed by atoms with E-state index in [0.717, 1.165) is 0 Å². The molecule has 1 aromatic rings. The van der Waals surface area contributed by atoms with E-state index in [0.29, 0.717) is 12.0 Å². The highest BCUT2D eigenvalue weighted by atomic mass is 35.5. The van der Waals surface area contributed by atoms with Crippen LogP contribution in [0.5, 0.6) is 0 Å². The van der Waals surface area contributed by atoms with Gasteiger partial charge in [0.25, 0.3) is 0 Å². The average molecular weight is 217 g/mol. The highest BCUT2D eigenvalue weighted by Crippen LogP contribution is 2.15. The van der Waals surface area contributed by atoms with Crippen molar-refractivity contribution in [3.05, 3.63) is 34.6 Å². The summed E-state index contributed by atoms with van der Waals surface area (Å²) >= 11 is 5.56. The molecule has 78 valence electrons. The van der Waals surface area contributed by atoms with Crippen LogP contribution in [0, 0.1) is 5.82 Å². The third-order valence-electron chi connectivity index (χ3n) is 1.51. The summed E-state index contributed by atoms with van der Waals surface area (Å²) in [6.45, 7) is 5.72. The molecule has 0 bridgehead atoms. The van der Waals surface area contributed by atoms with Gasteiger partial charge in [-0.05, 0) is 18.2 Å². The Balaban J connectivity index is 0.000000791. The van der Waals surface area contributed by atoms with Crippen LogP contribution >= 0.6 is 11.6 Å². The molecule has 0 unspecified atom stereocenters. The predicted octanol–water partition coefficient (Wildman–Crippen LogP) is 4.10. The maximum Gasteiger partial charge on any atom is 0.162 e. The standard InChI is InChI=1S/C9H8ClFO.C2H6/c1-2-9(12)6-3-7(10)5-8(11)4-6;1-2/h3-5H,2H2,1H3;1-2H3. The van der Waals surface area contributed by atoms with E-state index in [-0.39, 0.29) is 10.8 Å². The molecule has 0 radical (unpaired) electrons. The van der Waals surface area contributed by atoms with Crippen molar-refractivity contribution in [1.29, 1.82) is 0 Å². The lowest BCUT2D eigenvalue weighted by Crippen LogP contribution is -1.96. The quantitative estimate of drug-likeness (QED) is 0.681. The highest BCUT2D eigenvalue weighted by Gasteiger charge is 2.05. The molecule has 0 N–H and O–H groups in total. The first-order chi connectivity index (χ1) is 6.63. The summed E-state index contributed by atoms with van der Waals surface area (Å²) < 4.78 is 12.7. The second-order valence-corrected chi connectivity index (χ2v) is 2.87. The van der Waals surface area contributed by atoms with Crippen LogP contribution in [0.25, 0.3) is 0 Å². The fourth-order valence-corrected chi connectivity index (χ4v) is 1.14. The first-order valence-corrected chi connectivity index (χ1v) is 5.00.